The summed E-state index contributed by atoms with van der Waals surface area (Å²) in [5, 5.41) is 3.01. The maximum atomic E-state index is 11.7. The van der Waals surface area contributed by atoms with Crippen LogP contribution in [0.15, 0.2) is 24.3 Å². The van der Waals surface area contributed by atoms with Crippen molar-refractivity contribution in [3.8, 4) is 0 Å². The molecule has 0 radical (unpaired) electrons. The Labute approximate surface area is 108 Å². The van der Waals surface area contributed by atoms with E-state index in [-0.39, 0.29) is 5.97 Å². The van der Waals surface area contributed by atoms with E-state index >= 15 is 0 Å². The normalized spacial score (nSPS) is 10.3. The molecule has 4 heteroatoms. The molecule has 0 aromatic heterocycles. The molecule has 0 bridgehead atoms. The van der Waals surface area contributed by atoms with Gasteiger partial charge in [0.2, 0.25) is 0 Å². The summed E-state index contributed by atoms with van der Waals surface area (Å²) in [7, 11) is 1.88. The predicted molar refractivity (Wildman–Crippen MR) is 70.6 cm³/mol. The Hall–Kier alpha value is -1.39. The topological polar surface area (TPSA) is 47.6 Å². The summed E-state index contributed by atoms with van der Waals surface area (Å²) in [4.78, 5) is 11.7. The second-order valence-corrected chi connectivity index (χ2v) is 3.99. The van der Waals surface area contributed by atoms with Crippen LogP contribution >= 0.6 is 0 Å². The van der Waals surface area contributed by atoms with Gasteiger partial charge in [-0.2, -0.15) is 0 Å². The third kappa shape index (κ3) is 5.29. The molecule has 0 spiro atoms. The third-order valence-corrected chi connectivity index (χ3v) is 2.37. The number of rotatable bonds is 8. The minimum atomic E-state index is -0.270. The van der Waals surface area contributed by atoms with E-state index in [2.05, 4.69) is 5.32 Å². The Balaban J connectivity index is 2.48. The number of esters is 1. The van der Waals surface area contributed by atoms with Crippen LogP contribution in [-0.4, -0.2) is 32.8 Å². The second-order valence-electron chi connectivity index (χ2n) is 3.99. The SMILES string of the molecule is CCCOC(=O)c1cccc(COCCNC)c1. The molecule has 1 aromatic carbocycles. The zero-order valence-corrected chi connectivity index (χ0v) is 11.1. The second kappa shape index (κ2) is 8.66. The molecule has 0 aliphatic heterocycles. The number of ether oxygens (including phenoxy) is 2. The predicted octanol–water partition coefficient (Wildman–Crippen LogP) is 1.99. The van der Waals surface area contributed by atoms with Gasteiger partial charge in [-0.05, 0) is 31.2 Å². The van der Waals surface area contributed by atoms with Gasteiger partial charge in [-0.3, -0.25) is 0 Å². The van der Waals surface area contributed by atoms with Crippen molar-refractivity contribution in [2.24, 2.45) is 0 Å². The summed E-state index contributed by atoms with van der Waals surface area (Å²) < 4.78 is 10.5. The lowest BCUT2D eigenvalue weighted by molar-refractivity contribution is 0.0504. The fourth-order valence-corrected chi connectivity index (χ4v) is 1.43. The molecular formula is C14H21NO3. The highest BCUT2D eigenvalue weighted by atomic mass is 16.5. The van der Waals surface area contributed by atoms with Crippen LogP contribution in [0.1, 0.15) is 29.3 Å². The smallest absolute Gasteiger partial charge is 0.338 e. The summed E-state index contributed by atoms with van der Waals surface area (Å²) in [6, 6.07) is 7.36. The lowest BCUT2D eigenvalue weighted by Crippen LogP contribution is -2.14. The van der Waals surface area contributed by atoms with Gasteiger partial charge in [0.1, 0.15) is 0 Å². The van der Waals surface area contributed by atoms with E-state index in [0.717, 1.165) is 18.5 Å². The Kier molecular flexibility index (Phi) is 7.06. The van der Waals surface area contributed by atoms with Gasteiger partial charge in [-0.25, -0.2) is 4.79 Å². The summed E-state index contributed by atoms with van der Waals surface area (Å²) in [5.74, 6) is -0.270. The quantitative estimate of drug-likeness (QED) is 0.567. The highest BCUT2D eigenvalue weighted by Crippen LogP contribution is 2.08. The number of hydrogen-bond donors (Lipinski definition) is 1. The van der Waals surface area contributed by atoms with Crippen LogP contribution in [0.25, 0.3) is 0 Å². The van der Waals surface area contributed by atoms with Crippen molar-refractivity contribution in [2.45, 2.75) is 20.0 Å². The van der Waals surface area contributed by atoms with E-state index < -0.39 is 0 Å². The minimum absolute atomic E-state index is 0.270. The number of likely N-dealkylation sites (N-methyl/N-ethyl adjacent to an activating group) is 1. The van der Waals surface area contributed by atoms with Crippen LogP contribution in [0.5, 0.6) is 0 Å². The number of hydrogen-bond acceptors (Lipinski definition) is 4. The van der Waals surface area contributed by atoms with Gasteiger partial charge in [-0.1, -0.05) is 19.1 Å². The van der Waals surface area contributed by atoms with Crippen molar-refractivity contribution in [1.82, 2.24) is 5.32 Å². The lowest BCUT2D eigenvalue weighted by atomic mass is 10.1. The van der Waals surface area contributed by atoms with Crippen LogP contribution < -0.4 is 5.32 Å². The molecule has 0 atom stereocenters. The first-order chi connectivity index (χ1) is 8.77. The van der Waals surface area contributed by atoms with Gasteiger partial charge in [-0.15, -0.1) is 0 Å². The monoisotopic (exact) mass is 251 g/mol. The van der Waals surface area contributed by atoms with Crippen LogP contribution in [-0.2, 0) is 16.1 Å². The summed E-state index contributed by atoms with van der Waals surface area (Å²) >= 11 is 0. The van der Waals surface area contributed by atoms with Crippen LogP contribution in [0.3, 0.4) is 0 Å². The van der Waals surface area contributed by atoms with Crippen molar-refractivity contribution in [2.75, 3.05) is 26.8 Å². The Morgan fingerprint density at radius 3 is 2.89 bits per heavy atom. The fraction of sp³-hybridized carbons (Fsp3) is 0.500. The molecule has 0 aliphatic rings. The molecule has 100 valence electrons. The van der Waals surface area contributed by atoms with Crippen molar-refractivity contribution in [3.63, 3.8) is 0 Å². The lowest BCUT2D eigenvalue weighted by Gasteiger charge is -2.06. The van der Waals surface area contributed by atoms with E-state index in [1.165, 1.54) is 0 Å². The largest absolute Gasteiger partial charge is 0.462 e. The molecule has 4 nitrogen and oxygen atoms in total. The van der Waals surface area contributed by atoms with Crippen molar-refractivity contribution in [1.29, 1.82) is 0 Å². The first kappa shape index (κ1) is 14.7. The van der Waals surface area contributed by atoms with Gasteiger partial charge in [0, 0.05) is 6.54 Å². The third-order valence-electron chi connectivity index (χ3n) is 2.37. The van der Waals surface area contributed by atoms with Crippen molar-refractivity contribution < 1.29 is 14.3 Å². The number of carbonyl (C=O) groups excluding carboxylic acids is 1. The molecule has 0 amide bonds. The maximum absolute atomic E-state index is 11.7. The molecule has 1 aromatic rings. The Morgan fingerprint density at radius 2 is 2.17 bits per heavy atom. The molecule has 0 saturated carbocycles. The Morgan fingerprint density at radius 1 is 1.33 bits per heavy atom. The van der Waals surface area contributed by atoms with E-state index in [0.29, 0.717) is 25.4 Å². The highest BCUT2D eigenvalue weighted by Gasteiger charge is 2.06. The summed E-state index contributed by atoms with van der Waals surface area (Å²) in [5.41, 5.74) is 1.57. The van der Waals surface area contributed by atoms with Crippen molar-refractivity contribution >= 4 is 5.97 Å². The molecule has 0 saturated heterocycles. The average Bonchev–Trinajstić information content (AvgIpc) is 2.41. The number of carbonyl (C=O) groups is 1. The molecule has 18 heavy (non-hydrogen) atoms. The van der Waals surface area contributed by atoms with E-state index in [1.54, 1.807) is 6.07 Å². The minimum Gasteiger partial charge on any atom is -0.462 e. The zero-order valence-electron chi connectivity index (χ0n) is 11.1. The summed E-state index contributed by atoms with van der Waals surface area (Å²) in [6.07, 6.45) is 0.832. The number of nitrogens with one attached hydrogen (secondary N) is 1. The molecule has 0 unspecified atom stereocenters. The molecule has 1 rings (SSSR count). The maximum Gasteiger partial charge on any atom is 0.338 e. The summed E-state index contributed by atoms with van der Waals surface area (Å²) in [6.45, 7) is 4.41. The standard InChI is InChI=1S/C14H21NO3/c1-3-8-18-14(16)13-6-4-5-12(10-13)11-17-9-7-15-2/h4-6,10,15H,3,7-9,11H2,1-2H3. The van der Waals surface area contributed by atoms with E-state index in [4.69, 9.17) is 9.47 Å². The van der Waals surface area contributed by atoms with Crippen LogP contribution in [0.4, 0.5) is 0 Å². The van der Waals surface area contributed by atoms with Gasteiger partial charge in [0.05, 0.1) is 25.4 Å². The average molecular weight is 251 g/mol. The van der Waals surface area contributed by atoms with E-state index in [9.17, 15) is 4.79 Å². The Bertz CT molecular complexity index is 366. The fourth-order valence-electron chi connectivity index (χ4n) is 1.43. The van der Waals surface area contributed by atoms with Gasteiger partial charge < -0.3 is 14.8 Å². The molecular weight excluding hydrogens is 230 g/mol. The zero-order chi connectivity index (χ0) is 13.2. The van der Waals surface area contributed by atoms with Crippen molar-refractivity contribution in [3.05, 3.63) is 35.4 Å². The van der Waals surface area contributed by atoms with E-state index in [1.807, 2.05) is 32.2 Å². The van der Waals surface area contributed by atoms with Gasteiger partial charge in [0.25, 0.3) is 0 Å². The van der Waals surface area contributed by atoms with Gasteiger partial charge >= 0.3 is 5.97 Å². The number of benzene rings is 1. The first-order valence-corrected chi connectivity index (χ1v) is 6.26. The highest BCUT2D eigenvalue weighted by molar-refractivity contribution is 5.89. The molecule has 0 aliphatic carbocycles. The van der Waals surface area contributed by atoms with Gasteiger partial charge in [0.15, 0.2) is 0 Å². The molecule has 1 N–H and O–H groups in total. The van der Waals surface area contributed by atoms with Crippen LogP contribution in [0, 0.1) is 0 Å². The molecule has 0 fully saturated rings. The molecule has 0 heterocycles. The van der Waals surface area contributed by atoms with Crippen LogP contribution in [0.2, 0.25) is 0 Å². The first-order valence-electron chi connectivity index (χ1n) is 6.26.